The third kappa shape index (κ3) is 7.27. The Balaban J connectivity index is 1.32. The van der Waals surface area contributed by atoms with Crippen molar-refractivity contribution in [2.75, 3.05) is 44.7 Å². The zero-order valence-corrected chi connectivity index (χ0v) is 24.2. The first-order chi connectivity index (χ1) is 19.6. The van der Waals surface area contributed by atoms with Crippen molar-refractivity contribution >= 4 is 33.2 Å². The maximum atomic E-state index is 12.9. The van der Waals surface area contributed by atoms with Crippen molar-refractivity contribution in [1.29, 1.82) is 0 Å². The van der Waals surface area contributed by atoms with Crippen molar-refractivity contribution in [2.45, 2.75) is 31.2 Å². The molecule has 2 aromatic heterocycles. The Morgan fingerprint density at radius 1 is 1.00 bits per heavy atom. The minimum Gasteiger partial charge on any atom is -0.379 e. The van der Waals surface area contributed by atoms with E-state index in [2.05, 4.69) is 30.3 Å². The predicted molar refractivity (Wildman–Crippen MR) is 158 cm³/mol. The number of amides is 1. The molecule has 3 N–H and O–H groups in total. The van der Waals surface area contributed by atoms with Gasteiger partial charge in [0.25, 0.3) is 5.91 Å². The van der Waals surface area contributed by atoms with E-state index >= 15 is 0 Å². The highest BCUT2D eigenvalue weighted by atomic mass is 32.2. The lowest BCUT2D eigenvalue weighted by molar-refractivity contribution is 0.0383. The van der Waals surface area contributed by atoms with Gasteiger partial charge in [0.1, 0.15) is 0 Å². The normalized spacial score (nSPS) is 14.7. The minimum absolute atomic E-state index is 0.150. The van der Waals surface area contributed by atoms with Crippen LogP contribution >= 0.6 is 0 Å². The van der Waals surface area contributed by atoms with E-state index in [-0.39, 0.29) is 10.8 Å². The van der Waals surface area contributed by atoms with E-state index in [0.717, 1.165) is 32.8 Å². The fourth-order valence-electron chi connectivity index (χ4n) is 4.58. The number of benzene rings is 2. The fourth-order valence-corrected chi connectivity index (χ4v) is 6.05. The topological polar surface area (TPSA) is 130 Å². The highest BCUT2D eigenvalue weighted by molar-refractivity contribution is 7.89. The van der Waals surface area contributed by atoms with Gasteiger partial charge >= 0.3 is 0 Å². The molecule has 1 aliphatic heterocycles. The number of pyridine rings is 1. The van der Waals surface area contributed by atoms with E-state index in [1.807, 2.05) is 30.3 Å². The van der Waals surface area contributed by atoms with Crippen molar-refractivity contribution in [3.63, 3.8) is 0 Å². The molecule has 1 saturated heterocycles. The Morgan fingerprint density at radius 3 is 2.54 bits per heavy atom. The number of nitrogens with zero attached hydrogens (tertiary/aromatic N) is 4. The maximum absolute atomic E-state index is 12.9. The first kappa shape index (κ1) is 28.7. The average Bonchev–Trinajstić information content (AvgIpc) is 3.35. The number of rotatable bonds is 9. The number of carbonyl (C=O) groups is 1. The SMILES string of the molecule is CC(C)(C)NS(=O)(=O)c1cccc(-c2cccc3nc(Nc4cccc(C(=O)NCCN5CCOCC5)c4)nn23)c1. The van der Waals surface area contributed by atoms with Crippen LogP contribution in [0.4, 0.5) is 11.6 Å². The molecule has 0 spiro atoms. The highest BCUT2D eigenvalue weighted by Gasteiger charge is 2.22. The molecule has 12 heteroatoms. The molecule has 0 bridgehead atoms. The van der Waals surface area contributed by atoms with Gasteiger partial charge in [-0.2, -0.15) is 4.98 Å². The van der Waals surface area contributed by atoms with Gasteiger partial charge in [-0.1, -0.05) is 24.3 Å². The van der Waals surface area contributed by atoms with Crippen LogP contribution in [0.3, 0.4) is 0 Å². The largest absolute Gasteiger partial charge is 0.379 e. The van der Waals surface area contributed by atoms with Crippen LogP contribution in [0, 0.1) is 0 Å². The fraction of sp³-hybridized carbons (Fsp3) is 0.345. The van der Waals surface area contributed by atoms with Crippen LogP contribution in [0.2, 0.25) is 0 Å². The van der Waals surface area contributed by atoms with E-state index in [9.17, 15) is 13.2 Å². The van der Waals surface area contributed by atoms with Crippen LogP contribution in [-0.2, 0) is 14.8 Å². The van der Waals surface area contributed by atoms with Crippen molar-refractivity contribution in [1.82, 2.24) is 29.5 Å². The minimum atomic E-state index is -3.71. The highest BCUT2D eigenvalue weighted by Crippen LogP contribution is 2.25. The average molecular weight is 578 g/mol. The van der Waals surface area contributed by atoms with Crippen molar-refractivity contribution in [3.05, 3.63) is 72.3 Å². The Hall–Kier alpha value is -3.84. The Morgan fingerprint density at radius 2 is 1.76 bits per heavy atom. The quantitative estimate of drug-likeness (QED) is 0.276. The molecule has 0 unspecified atom stereocenters. The van der Waals surface area contributed by atoms with Gasteiger partial charge in [0.15, 0.2) is 5.65 Å². The lowest BCUT2D eigenvalue weighted by Gasteiger charge is -2.26. The van der Waals surface area contributed by atoms with Gasteiger partial charge in [-0.25, -0.2) is 17.7 Å². The van der Waals surface area contributed by atoms with Crippen LogP contribution < -0.4 is 15.4 Å². The molecule has 216 valence electrons. The second-order valence-corrected chi connectivity index (χ2v) is 12.6. The number of nitrogens with one attached hydrogen (secondary N) is 3. The Bertz CT molecular complexity index is 1640. The zero-order chi connectivity index (χ0) is 29.0. The zero-order valence-electron chi connectivity index (χ0n) is 23.4. The lowest BCUT2D eigenvalue weighted by atomic mass is 10.1. The number of carbonyl (C=O) groups excluding carboxylic acids is 1. The molecule has 0 saturated carbocycles. The van der Waals surface area contributed by atoms with Crippen LogP contribution in [0.1, 0.15) is 31.1 Å². The molecule has 1 amide bonds. The molecule has 41 heavy (non-hydrogen) atoms. The molecule has 3 heterocycles. The summed E-state index contributed by atoms with van der Waals surface area (Å²) in [4.78, 5) is 19.8. The maximum Gasteiger partial charge on any atom is 0.251 e. The summed E-state index contributed by atoms with van der Waals surface area (Å²) in [7, 11) is -3.71. The number of anilines is 2. The van der Waals surface area contributed by atoms with Gasteiger partial charge in [-0.15, -0.1) is 5.10 Å². The molecule has 11 nitrogen and oxygen atoms in total. The summed E-state index contributed by atoms with van der Waals surface area (Å²) in [5.74, 6) is 0.198. The molecule has 0 radical (unpaired) electrons. The summed E-state index contributed by atoms with van der Waals surface area (Å²) in [6.07, 6.45) is 0. The predicted octanol–water partition coefficient (Wildman–Crippen LogP) is 3.28. The summed E-state index contributed by atoms with van der Waals surface area (Å²) in [5.41, 5.74) is 2.54. The number of hydrogen-bond donors (Lipinski definition) is 3. The Labute approximate surface area is 240 Å². The number of fused-ring (bicyclic) bond motifs is 1. The van der Waals surface area contributed by atoms with Gasteiger partial charge in [0, 0.05) is 48.5 Å². The standard InChI is InChI=1S/C29H35N7O4S/c1-29(2,3)34-41(38,39)24-10-5-7-21(20-24)25-11-6-12-26-32-28(33-36(25)26)31-23-9-4-8-22(19-23)27(37)30-13-14-35-15-17-40-18-16-35/h4-12,19-20,34H,13-18H2,1-3H3,(H,30,37)(H,31,33). The van der Waals surface area contributed by atoms with Crippen LogP contribution in [-0.4, -0.2) is 78.8 Å². The number of ether oxygens (including phenoxy) is 1. The number of sulfonamides is 1. The first-order valence-corrected chi connectivity index (χ1v) is 15.0. The van der Waals surface area contributed by atoms with Crippen LogP contribution in [0.5, 0.6) is 0 Å². The summed E-state index contributed by atoms with van der Waals surface area (Å²) in [6.45, 7) is 9.94. The van der Waals surface area contributed by atoms with Gasteiger partial charge in [0.2, 0.25) is 16.0 Å². The summed E-state index contributed by atoms with van der Waals surface area (Å²) in [5, 5.41) is 10.8. The molecule has 2 aromatic carbocycles. The molecule has 1 aliphatic rings. The third-order valence-electron chi connectivity index (χ3n) is 6.44. The smallest absolute Gasteiger partial charge is 0.251 e. The van der Waals surface area contributed by atoms with Gasteiger partial charge in [0.05, 0.1) is 23.8 Å². The van der Waals surface area contributed by atoms with E-state index in [0.29, 0.717) is 40.6 Å². The lowest BCUT2D eigenvalue weighted by Crippen LogP contribution is -2.41. The monoisotopic (exact) mass is 577 g/mol. The molecule has 0 aliphatic carbocycles. The molecule has 5 rings (SSSR count). The Kier molecular flexibility index (Phi) is 8.36. The number of hydrogen-bond acceptors (Lipinski definition) is 8. The molecular weight excluding hydrogens is 542 g/mol. The van der Waals surface area contributed by atoms with E-state index in [1.165, 1.54) is 0 Å². The van der Waals surface area contributed by atoms with E-state index in [1.54, 1.807) is 61.7 Å². The summed E-state index contributed by atoms with van der Waals surface area (Å²) in [6, 6.07) is 19.4. The third-order valence-corrected chi connectivity index (χ3v) is 8.19. The van der Waals surface area contributed by atoms with Crippen molar-refractivity contribution < 1.29 is 17.9 Å². The summed E-state index contributed by atoms with van der Waals surface area (Å²) < 4.78 is 35.6. The van der Waals surface area contributed by atoms with E-state index in [4.69, 9.17) is 4.74 Å². The molecular formula is C29H35N7O4S. The second-order valence-electron chi connectivity index (χ2n) is 10.9. The van der Waals surface area contributed by atoms with Gasteiger partial charge in [-0.3, -0.25) is 9.69 Å². The molecule has 0 atom stereocenters. The first-order valence-electron chi connectivity index (χ1n) is 13.5. The van der Waals surface area contributed by atoms with Crippen molar-refractivity contribution in [2.24, 2.45) is 0 Å². The number of aromatic nitrogens is 3. The number of morpholine rings is 1. The molecule has 4 aromatic rings. The summed E-state index contributed by atoms with van der Waals surface area (Å²) >= 11 is 0. The van der Waals surface area contributed by atoms with Crippen LogP contribution in [0.25, 0.3) is 16.9 Å². The van der Waals surface area contributed by atoms with E-state index < -0.39 is 15.6 Å². The molecule has 1 fully saturated rings. The second kappa shape index (κ2) is 12.0. The van der Waals surface area contributed by atoms with Gasteiger partial charge in [-0.05, 0) is 63.2 Å². The van der Waals surface area contributed by atoms with Crippen molar-refractivity contribution in [3.8, 4) is 11.3 Å². The van der Waals surface area contributed by atoms with Crippen LogP contribution in [0.15, 0.2) is 71.6 Å². The van der Waals surface area contributed by atoms with Gasteiger partial charge < -0.3 is 15.4 Å².